The highest BCUT2D eigenvalue weighted by Gasteiger charge is 2.32. The second-order valence-electron chi connectivity index (χ2n) is 8.11. The van der Waals surface area contributed by atoms with Crippen LogP contribution in [0.2, 0.25) is 0 Å². The van der Waals surface area contributed by atoms with Gasteiger partial charge in [-0.3, -0.25) is 19.2 Å². The van der Waals surface area contributed by atoms with E-state index in [9.17, 15) is 24.3 Å². The molecule has 4 atom stereocenters. The molecule has 11 nitrogen and oxygen atoms in total. The minimum absolute atomic E-state index is 0.0753. The maximum Gasteiger partial charge on any atom is 0.322 e. The second-order valence-corrected chi connectivity index (χ2v) is 8.11. The van der Waals surface area contributed by atoms with Crippen LogP contribution in [0, 0.1) is 0 Å². The molecular weight excluding hydrogens is 430 g/mol. The number of aromatic nitrogens is 1. The number of fused-ring (bicyclic) bond motifs is 1. The van der Waals surface area contributed by atoms with Crippen molar-refractivity contribution in [3.8, 4) is 0 Å². The number of aromatic amines is 1. The average Bonchev–Trinajstić information content (AvgIpc) is 3.45. The number of aliphatic carboxylic acids is 1. The van der Waals surface area contributed by atoms with Gasteiger partial charge >= 0.3 is 5.97 Å². The normalized spacial score (nSPS) is 18.3. The third-order valence-electron chi connectivity index (χ3n) is 5.59. The number of carboxylic acids is 1. The van der Waals surface area contributed by atoms with Gasteiger partial charge in [-0.2, -0.15) is 0 Å². The van der Waals surface area contributed by atoms with Crippen LogP contribution in [-0.2, 0) is 25.6 Å². The highest BCUT2D eigenvalue weighted by atomic mass is 16.4. The molecule has 3 amide bonds. The Bertz CT molecular complexity index is 1010. The quantitative estimate of drug-likeness (QED) is 0.239. The van der Waals surface area contributed by atoms with E-state index in [-0.39, 0.29) is 6.42 Å². The molecule has 0 saturated carbocycles. The molecule has 11 heteroatoms. The summed E-state index contributed by atoms with van der Waals surface area (Å²) in [6.07, 6.45) is 2.03. The maximum atomic E-state index is 13.0. The van der Waals surface area contributed by atoms with Crippen molar-refractivity contribution in [2.45, 2.75) is 50.4 Å². The number of rotatable bonds is 10. The van der Waals surface area contributed by atoms with Gasteiger partial charge in [-0.1, -0.05) is 18.2 Å². The van der Waals surface area contributed by atoms with E-state index in [0.29, 0.717) is 13.0 Å². The number of para-hydroxylation sites is 1. The average molecular weight is 460 g/mol. The summed E-state index contributed by atoms with van der Waals surface area (Å²) < 4.78 is 0. The molecule has 0 bridgehead atoms. The number of carboxylic acid groups (broad SMARTS) is 1. The molecule has 1 aliphatic heterocycles. The van der Waals surface area contributed by atoms with Crippen LogP contribution in [-0.4, -0.2) is 76.2 Å². The summed E-state index contributed by atoms with van der Waals surface area (Å²) in [6.45, 7) is 1.45. The lowest BCUT2D eigenvalue weighted by Gasteiger charge is -2.25. The van der Waals surface area contributed by atoms with Crippen LogP contribution < -0.4 is 21.3 Å². The summed E-state index contributed by atoms with van der Waals surface area (Å²) >= 11 is 0. The van der Waals surface area contributed by atoms with E-state index >= 15 is 0 Å². The molecule has 1 fully saturated rings. The molecule has 0 radical (unpaired) electrons. The van der Waals surface area contributed by atoms with Crippen LogP contribution in [0.15, 0.2) is 30.5 Å². The van der Waals surface area contributed by atoms with Crippen molar-refractivity contribution in [1.82, 2.24) is 26.3 Å². The molecule has 3 rings (SSSR count). The van der Waals surface area contributed by atoms with Crippen LogP contribution >= 0.6 is 0 Å². The molecule has 4 unspecified atom stereocenters. The first kappa shape index (κ1) is 24.2. The summed E-state index contributed by atoms with van der Waals surface area (Å²) in [5.74, 6) is -3.06. The molecule has 1 aliphatic rings. The smallest absolute Gasteiger partial charge is 0.322 e. The molecule has 1 saturated heterocycles. The summed E-state index contributed by atoms with van der Waals surface area (Å²) in [5.41, 5.74) is 1.59. The number of carbonyl (C=O) groups is 4. The fourth-order valence-electron chi connectivity index (χ4n) is 3.84. The molecule has 2 heterocycles. The number of aliphatic hydroxyl groups is 1. The first-order chi connectivity index (χ1) is 15.8. The Labute approximate surface area is 190 Å². The first-order valence-electron chi connectivity index (χ1n) is 10.8. The van der Waals surface area contributed by atoms with Crippen molar-refractivity contribution < 1.29 is 29.4 Å². The van der Waals surface area contributed by atoms with Gasteiger partial charge in [-0.15, -0.1) is 0 Å². The van der Waals surface area contributed by atoms with Crippen molar-refractivity contribution in [2.75, 3.05) is 13.1 Å². The lowest BCUT2D eigenvalue weighted by molar-refractivity contribution is -0.138. The van der Waals surface area contributed by atoms with E-state index in [2.05, 4.69) is 26.3 Å². The van der Waals surface area contributed by atoms with Gasteiger partial charge in [0.15, 0.2) is 0 Å². The van der Waals surface area contributed by atoms with Crippen molar-refractivity contribution >= 4 is 34.6 Å². The third-order valence-corrected chi connectivity index (χ3v) is 5.59. The van der Waals surface area contributed by atoms with Crippen LogP contribution in [0.4, 0.5) is 0 Å². The van der Waals surface area contributed by atoms with Crippen molar-refractivity contribution in [1.29, 1.82) is 0 Å². The number of H-pyrrole nitrogens is 1. The Balaban J connectivity index is 1.76. The third kappa shape index (κ3) is 6.30. The number of benzene rings is 1. The summed E-state index contributed by atoms with van der Waals surface area (Å²) in [5, 5.41) is 30.3. The monoisotopic (exact) mass is 459 g/mol. The largest absolute Gasteiger partial charge is 0.480 e. The van der Waals surface area contributed by atoms with Crippen molar-refractivity contribution in [3.05, 3.63) is 36.0 Å². The topological polar surface area (TPSA) is 173 Å². The highest BCUT2D eigenvalue weighted by Crippen LogP contribution is 2.19. The van der Waals surface area contributed by atoms with E-state index < -0.39 is 54.5 Å². The fourth-order valence-corrected chi connectivity index (χ4v) is 3.84. The minimum atomic E-state index is -1.28. The zero-order chi connectivity index (χ0) is 24.0. The van der Waals surface area contributed by atoms with Crippen LogP contribution in [0.5, 0.6) is 0 Å². The zero-order valence-electron chi connectivity index (χ0n) is 18.3. The molecule has 7 N–H and O–H groups in total. The summed E-state index contributed by atoms with van der Waals surface area (Å²) in [6, 6.07) is 4.58. The predicted octanol–water partition coefficient (Wildman–Crippen LogP) is -0.986. The molecule has 1 aromatic carbocycles. The Morgan fingerprint density at radius 3 is 2.58 bits per heavy atom. The molecule has 33 heavy (non-hydrogen) atoms. The Hall–Kier alpha value is -3.44. The van der Waals surface area contributed by atoms with Crippen LogP contribution in [0.3, 0.4) is 0 Å². The Morgan fingerprint density at radius 1 is 1.15 bits per heavy atom. The van der Waals surface area contributed by atoms with Gasteiger partial charge < -0.3 is 36.5 Å². The standard InChI is InChI=1S/C22H29N5O6/c1-12(28)19(27-21(32)16-7-4-8-23-16)22(33)26-17(20(31)25-11-18(29)30)9-13-10-24-15-6-3-2-5-14(13)15/h2-3,5-6,10,12,16-17,19,23-24,28H,4,7-9,11H2,1H3,(H,25,31)(H,26,33)(H,27,32)(H,29,30). The van der Waals surface area contributed by atoms with Gasteiger partial charge in [-0.05, 0) is 37.9 Å². The van der Waals surface area contributed by atoms with E-state index in [0.717, 1.165) is 22.9 Å². The molecule has 0 aliphatic carbocycles. The van der Waals surface area contributed by atoms with Gasteiger partial charge in [-0.25, -0.2) is 0 Å². The van der Waals surface area contributed by atoms with Crippen LogP contribution in [0.1, 0.15) is 25.3 Å². The lowest BCUT2D eigenvalue weighted by Crippen LogP contribution is -2.59. The number of hydrogen-bond donors (Lipinski definition) is 7. The molecule has 2 aromatic rings. The van der Waals surface area contributed by atoms with E-state index in [1.165, 1.54) is 6.92 Å². The Morgan fingerprint density at radius 2 is 1.91 bits per heavy atom. The maximum absolute atomic E-state index is 13.0. The highest BCUT2D eigenvalue weighted by molar-refractivity contribution is 5.94. The van der Waals surface area contributed by atoms with Gasteiger partial charge in [0.05, 0.1) is 12.1 Å². The van der Waals surface area contributed by atoms with E-state index in [4.69, 9.17) is 5.11 Å². The summed E-state index contributed by atoms with van der Waals surface area (Å²) in [7, 11) is 0. The van der Waals surface area contributed by atoms with E-state index in [1.54, 1.807) is 6.20 Å². The number of aliphatic hydroxyl groups excluding tert-OH is 1. The minimum Gasteiger partial charge on any atom is -0.480 e. The zero-order valence-corrected chi connectivity index (χ0v) is 18.3. The number of hydrogen-bond acceptors (Lipinski definition) is 6. The lowest BCUT2D eigenvalue weighted by atomic mass is 10.0. The van der Waals surface area contributed by atoms with Gasteiger partial charge in [0.2, 0.25) is 17.7 Å². The predicted molar refractivity (Wildman–Crippen MR) is 119 cm³/mol. The molecule has 1 aromatic heterocycles. The Kier molecular flexibility index (Phi) is 8.01. The number of carbonyl (C=O) groups excluding carboxylic acids is 3. The first-order valence-corrected chi connectivity index (χ1v) is 10.8. The van der Waals surface area contributed by atoms with E-state index in [1.807, 2.05) is 24.3 Å². The second kappa shape index (κ2) is 10.9. The van der Waals surface area contributed by atoms with Gasteiger partial charge in [0.25, 0.3) is 0 Å². The van der Waals surface area contributed by atoms with Crippen molar-refractivity contribution in [2.24, 2.45) is 0 Å². The van der Waals surface area contributed by atoms with Crippen LogP contribution in [0.25, 0.3) is 10.9 Å². The summed E-state index contributed by atoms with van der Waals surface area (Å²) in [4.78, 5) is 52.1. The number of nitrogens with one attached hydrogen (secondary N) is 5. The molecule has 0 spiro atoms. The SMILES string of the molecule is CC(O)C(NC(=O)C1CCCN1)C(=O)NC(Cc1c[nH]c2ccccc12)C(=O)NCC(=O)O. The fraction of sp³-hybridized carbons (Fsp3) is 0.455. The van der Waals surface area contributed by atoms with Gasteiger partial charge in [0, 0.05) is 23.5 Å². The number of amides is 3. The molecule has 178 valence electrons. The van der Waals surface area contributed by atoms with Gasteiger partial charge in [0.1, 0.15) is 18.6 Å². The molecular formula is C22H29N5O6. The van der Waals surface area contributed by atoms with Crippen molar-refractivity contribution in [3.63, 3.8) is 0 Å².